The molecule has 0 saturated carbocycles. The Morgan fingerprint density at radius 1 is 0.818 bits per heavy atom. The Bertz CT molecular complexity index is 737. The van der Waals surface area contributed by atoms with Gasteiger partial charge in [-0.3, -0.25) is 9.59 Å². The summed E-state index contributed by atoms with van der Waals surface area (Å²) in [7, 11) is 0. The first-order valence-electron chi connectivity index (χ1n) is 7.40. The summed E-state index contributed by atoms with van der Waals surface area (Å²) in [6.07, 6.45) is 1.51. The van der Waals surface area contributed by atoms with Crippen molar-refractivity contribution in [2.45, 2.75) is 12.8 Å². The largest absolute Gasteiger partial charge is 0.396 e. The van der Waals surface area contributed by atoms with Crippen molar-refractivity contribution in [1.82, 2.24) is 0 Å². The molecular weight excluding hydrogens is 278 g/mol. The van der Waals surface area contributed by atoms with Crippen LogP contribution in [0.4, 0.5) is 5.69 Å². The molecule has 0 heterocycles. The van der Waals surface area contributed by atoms with Gasteiger partial charge in [0.05, 0.1) is 5.56 Å². The molecule has 0 aliphatic heterocycles. The van der Waals surface area contributed by atoms with Crippen LogP contribution >= 0.6 is 0 Å². The summed E-state index contributed by atoms with van der Waals surface area (Å²) in [4.78, 5) is 25.3. The fourth-order valence-electron chi connectivity index (χ4n) is 2.75. The molecular formula is C18H17NO3. The van der Waals surface area contributed by atoms with E-state index < -0.39 is 0 Å². The van der Waals surface area contributed by atoms with Crippen molar-refractivity contribution in [2.24, 2.45) is 0 Å². The third-order valence-corrected chi connectivity index (χ3v) is 3.85. The maximum atomic E-state index is 12.7. The van der Waals surface area contributed by atoms with Gasteiger partial charge in [-0.25, -0.2) is 0 Å². The van der Waals surface area contributed by atoms with E-state index in [2.05, 4.69) is 5.32 Å². The first-order valence-corrected chi connectivity index (χ1v) is 7.40. The Hall–Kier alpha value is -2.46. The van der Waals surface area contributed by atoms with Gasteiger partial charge in [0.15, 0.2) is 11.6 Å². The van der Waals surface area contributed by atoms with E-state index >= 15 is 0 Å². The van der Waals surface area contributed by atoms with Crippen LogP contribution in [0, 0.1) is 0 Å². The Morgan fingerprint density at radius 3 is 2.23 bits per heavy atom. The normalized spacial score (nSPS) is 12.8. The molecule has 0 radical (unpaired) electrons. The molecule has 3 rings (SSSR count). The fraction of sp³-hybridized carbons (Fsp3) is 0.222. The Labute approximate surface area is 128 Å². The molecule has 0 bridgehead atoms. The summed E-state index contributed by atoms with van der Waals surface area (Å²) >= 11 is 0. The number of nitrogens with one attached hydrogen (secondary N) is 1. The topological polar surface area (TPSA) is 66.4 Å². The lowest BCUT2D eigenvalue weighted by Crippen LogP contribution is -2.22. The summed E-state index contributed by atoms with van der Waals surface area (Å²) in [6.45, 7) is 0.805. The van der Waals surface area contributed by atoms with Gasteiger partial charge in [0.2, 0.25) is 0 Å². The van der Waals surface area contributed by atoms with Gasteiger partial charge < -0.3 is 10.4 Å². The highest BCUT2D eigenvalue weighted by atomic mass is 16.3. The van der Waals surface area contributed by atoms with Crippen LogP contribution in [-0.4, -0.2) is 29.8 Å². The van der Waals surface area contributed by atoms with Crippen molar-refractivity contribution in [3.05, 3.63) is 64.7 Å². The van der Waals surface area contributed by atoms with Crippen molar-refractivity contribution in [2.75, 3.05) is 18.5 Å². The third kappa shape index (κ3) is 2.42. The molecule has 22 heavy (non-hydrogen) atoms. The molecule has 4 heteroatoms. The Balaban J connectivity index is 1.98. The van der Waals surface area contributed by atoms with E-state index in [-0.39, 0.29) is 18.2 Å². The van der Waals surface area contributed by atoms with Crippen LogP contribution in [0.2, 0.25) is 0 Å². The van der Waals surface area contributed by atoms with Crippen LogP contribution in [0.5, 0.6) is 0 Å². The minimum Gasteiger partial charge on any atom is -0.396 e. The van der Waals surface area contributed by atoms with E-state index in [0.29, 0.717) is 40.9 Å². The number of fused-ring (bicyclic) bond motifs is 2. The molecule has 112 valence electrons. The van der Waals surface area contributed by atoms with Crippen LogP contribution in [0.3, 0.4) is 0 Å². The second-order valence-corrected chi connectivity index (χ2v) is 5.29. The van der Waals surface area contributed by atoms with Crippen LogP contribution in [-0.2, 0) is 0 Å². The van der Waals surface area contributed by atoms with Crippen LogP contribution in [0.1, 0.15) is 44.7 Å². The van der Waals surface area contributed by atoms with E-state index in [1.54, 1.807) is 36.4 Å². The maximum Gasteiger partial charge on any atom is 0.196 e. The molecule has 0 aromatic heterocycles. The highest BCUT2D eigenvalue weighted by molar-refractivity contribution is 6.30. The summed E-state index contributed by atoms with van der Waals surface area (Å²) in [5.41, 5.74) is 2.52. The second-order valence-electron chi connectivity index (χ2n) is 5.29. The highest BCUT2D eigenvalue weighted by Crippen LogP contribution is 2.31. The number of anilines is 1. The molecule has 2 aromatic carbocycles. The fourth-order valence-corrected chi connectivity index (χ4v) is 2.75. The van der Waals surface area contributed by atoms with Gasteiger partial charge in [-0.1, -0.05) is 36.4 Å². The Kier molecular flexibility index (Phi) is 4.02. The zero-order valence-electron chi connectivity index (χ0n) is 12.1. The monoisotopic (exact) mass is 295 g/mol. The number of aliphatic hydroxyl groups excluding tert-OH is 1. The van der Waals surface area contributed by atoms with Crippen molar-refractivity contribution >= 4 is 17.3 Å². The Morgan fingerprint density at radius 2 is 1.50 bits per heavy atom. The first kappa shape index (κ1) is 14.5. The highest BCUT2D eigenvalue weighted by Gasteiger charge is 2.31. The zero-order chi connectivity index (χ0) is 15.5. The summed E-state index contributed by atoms with van der Waals surface area (Å²) in [5, 5.41) is 12.0. The van der Waals surface area contributed by atoms with Crippen LogP contribution in [0.15, 0.2) is 42.5 Å². The summed E-state index contributed by atoms with van der Waals surface area (Å²) in [5.74, 6) is -0.223. The van der Waals surface area contributed by atoms with E-state index in [9.17, 15) is 9.59 Å². The van der Waals surface area contributed by atoms with Crippen molar-refractivity contribution in [3.8, 4) is 0 Å². The van der Waals surface area contributed by atoms with Crippen LogP contribution in [0.25, 0.3) is 0 Å². The standard InChI is InChI=1S/C18H17NO3/c20-11-4-3-10-19-15-9-5-8-14-16(15)18(22)13-7-2-1-6-12(13)17(14)21/h1-2,5-9,19-20H,3-4,10-11H2. The molecule has 0 atom stereocenters. The second kappa shape index (κ2) is 6.12. The minimum atomic E-state index is -0.115. The quantitative estimate of drug-likeness (QED) is 0.710. The van der Waals surface area contributed by atoms with E-state index in [0.717, 1.165) is 6.42 Å². The van der Waals surface area contributed by atoms with E-state index in [4.69, 9.17) is 5.11 Å². The molecule has 0 fully saturated rings. The lowest BCUT2D eigenvalue weighted by molar-refractivity contribution is 0.0979. The average Bonchev–Trinajstić information content (AvgIpc) is 2.56. The van der Waals surface area contributed by atoms with Gasteiger partial charge in [-0.2, -0.15) is 0 Å². The van der Waals surface area contributed by atoms with Gasteiger partial charge in [0.25, 0.3) is 0 Å². The van der Waals surface area contributed by atoms with Crippen molar-refractivity contribution in [1.29, 1.82) is 0 Å². The van der Waals surface area contributed by atoms with Gasteiger partial charge in [0.1, 0.15) is 0 Å². The van der Waals surface area contributed by atoms with Crippen molar-refractivity contribution < 1.29 is 14.7 Å². The van der Waals surface area contributed by atoms with Gasteiger partial charge >= 0.3 is 0 Å². The smallest absolute Gasteiger partial charge is 0.196 e. The predicted molar refractivity (Wildman–Crippen MR) is 84.6 cm³/mol. The summed E-state index contributed by atoms with van der Waals surface area (Å²) < 4.78 is 0. The maximum absolute atomic E-state index is 12.7. The first-order chi connectivity index (χ1) is 10.7. The number of carbonyl (C=O) groups is 2. The van der Waals surface area contributed by atoms with E-state index in [1.165, 1.54) is 0 Å². The average molecular weight is 295 g/mol. The van der Waals surface area contributed by atoms with Gasteiger partial charge in [-0.15, -0.1) is 0 Å². The molecule has 4 nitrogen and oxygen atoms in total. The SMILES string of the molecule is O=C1c2ccccc2C(=O)c2c(NCCCCO)cccc21. The number of hydrogen-bond acceptors (Lipinski definition) is 4. The van der Waals surface area contributed by atoms with Crippen molar-refractivity contribution in [3.63, 3.8) is 0 Å². The molecule has 0 spiro atoms. The molecule has 1 aliphatic rings. The lowest BCUT2D eigenvalue weighted by atomic mass is 9.83. The number of unbranched alkanes of at least 4 members (excludes halogenated alkanes) is 1. The molecule has 2 aromatic rings. The van der Waals surface area contributed by atoms with Gasteiger partial charge in [0, 0.05) is 35.5 Å². The number of benzene rings is 2. The van der Waals surface area contributed by atoms with E-state index in [1.807, 2.05) is 6.07 Å². The lowest BCUT2D eigenvalue weighted by Gasteiger charge is -2.20. The number of aliphatic hydroxyl groups is 1. The minimum absolute atomic E-state index is 0.107. The number of carbonyl (C=O) groups excluding carboxylic acids is 2. The molecule has 0 saturated heterocycles. The molecule has 0 unspecified atom stereocenters. The van der Waals surface area contributed by atoms with Crippen LogP contribution < -0.4 is 5.32 Å². The zero-order valence-corrected chi connectivity index (χ0v) is 12.1. The number of rotatable bonds is 5. The van der Waals surface area contributed by atoms with Gasteiger partial charge in [-0.05, 0) is 18.9 Å². The molecule has 0 amide bonds. The number of ketones is 2. The summed E-state index contributed by atoms with van der Waals surface area (Å²) in [6, 6.07) is 12.2. The molecule has 1 aliphatic carbocycles. The number of hydrogen-bond donors (Lipinski definition) is 2. The predicted octanol–water partition coefficient (Wildman–Crippen LogP) is 2.65. The molecule has 2 N–H and O–H groups in total. The third-order valence-electron chi connectivity index (χ3n) is 3.85.